The second-order valence-corrected chi connectivity index (χ2v) is 7.26. The van der Waals surface area contributed by atoms with E-state index < -0.39 is 5.82 Å². The summed E-state index contributed by atoms with van der Waals surface area (Å²) in [5.74, 6) is 1.16. The van der Waals surface area contributed by atoms with Crippen LogP contribution in [0, 0.1) is 5.82 Å². The van der Waals surface area contributed by atoms with Gasteiger partial charge in [-0.2, -0.15) is 0 Å². The van der Waals surface area contributed by atoms with E-state index in [-0.39, 0.29) is 23.5 Å². The van der Waals surface area contributed by atoms with E-state index in [0.29, 0.717) is 29.0 Å². The molecule has 158 valence electrons. The van der Waals surface area contributed by atoms with Crippen molar-refractivity contribution in [3.8, 4) is 11.5 Å². The van der Waals surface area contributed by atoms with Crippen LogP contribution in [0.15, 0.2) is 53.7 Å². The number of nitrogens with one attached hydrogen (secondary N) is 1. The molecule has 0 bridgehead atoms. The lowest BCUT2D eigenvalue weighted by atomic mass is 10.3. The number of anilines is 1. The van der Waals surface area contributed by atoms with Gasteiger partial charge in [-0.25, -0.2) is 4.39 Å². The fourth-order valence-corrected chi connectivity index (χ4v) is 3.65. The Labute approximate surface area is 178 Å². The van der Waals surface area contributed by atoms with Crippen molar-refractivity contribution in [3.63, 3.8) is 0 Å². The van der Waals surface area contributed by atoms with Crippen molar-refractivity contribution in [2.45, 2.75) is 31.7 Å². The van der Waals surface area contributed by atoms with E-state index in [0.717, 1.165) is 0 Å². The van der Waals surface area contributed by atoms with Crippen LogP contribution >= 0.6 is 11.8 Å². The molecule has 0 aliphatic carbocycles. The molecule has 9 heteroatoms. The van der Waals surface area contributed by atoms with E-state index >= 15 is 0 Å². The van der Waals surface area contributed by atoms with Gasteiger partial charge in [-0.05, 0) is 38.1 Å². The summed E-state index contributed by atoms with van der Waals surface area (Å²) in [4.78, 5) is 12.2. The maximum absolute atomic E-state index is 13.7. The zero-order valence-corrected chi connectivity index (χ0v) is 17.8. The van der Waals surface area contributed by atoms with Crippen LogP contribution in [0.1, 0.15) is 25.8 Å². The average Bonchev–Trinajstić information content (AvgIpc) is 3.17. The number of methoxy groups -OCH3 is 1. The van der Waals surface area contributed by atoms with E-state index in [4.69, 9.17) is 9.47 Å². The molecule has 30 heavy (non-hydrogen) atoms. The number of carbonyl (C=O) groups excluding carboxylic acids is 1. The van der Waals surface area contributed by atoms with Gasteiger partial charge in [0.1, 0.15) is 5.82 Å². The van der Waals surface area contributed by atoms with Crippen molar-refractivity contribution >= 4 is 23.4 Å². The summed E-state index contributed by atoms with van der Waals surface area (Å²) >= 11 is 1.23. The molecule has 7 nitrogen and oxygen atoms in total. The van der Waals surface area contributed by atoms with Gasteiger partial charge in [0, 0.05) is 6.54 Å². The van der Waals surface area contributed by atoms with Gasteiger partial charge in [0.25, 0.3) is 0 Å². The molecular formula is C21H23FN4O3S. The maximum atomic E-state index is 13.7. The highest BCUT2D eigenvalue weighted by Crippen LogP contribution is 2.31. The van der Waals surface area contributed by atoms with Crippen molar-refractivity contribution in [1.29, 1.82) is 0 Å². The Morgan fingerprint density at radius 1 is 1.17 bits per heavy atom. The maximum Gasteiger partial charge on any atom is 0.234 e. The standard InChI is InChI=1S/C21H23FN4O3S/c1-4-26-20(14(2)29-18-12-8-7-11-17(18)28-3)24-25-21(26)30-13-19(27)23-16-10-6-5-9-15(16)22/h5-12,14H,4,13H2,1-3H3,(H,23,27). The summed E-state index contributed by atoms with van der Waals surface area (Å²) in [5.41, 5.74) is 0.152. The van der Waals surface area contributed by atoms with Crippen molar-refractivity contribution in [1.82, 2.24) is 14.8 Å². The molecule has 2 aromatic carbocycles. The van der Waals surface area contributed by atoms with Crippen LogP contribution in [-0.4, -0.2) is 33.5 Å². The molecule has 1 aromatic heterocycles. The number of aromatic nitrogens is 3. The minimum Gasteiger partial charge on any atom is -0.493 e. The zero-order valence-electron chi connectivity index (χ0n) is 17.0. The van der Waals surface area contributed by atoms with Crippen LogP contribution in [0.25, 0.3) is 0 Å². The Kier molecular flexibility index (Phi) is 7.29. The van der Waals surface area contributed by atoms with Crippen LogP contribution in [0.2, 0.25) is 0 Å². The number of carbonyl (C=O) groups is 1. The minimum absolute atomic E-state index is 0.0776. The monoisotopic (exact) mass is 430 g/mol. The van der Waals surface area contributed by atoms with Gasteiger partial charge in [0.2, 0.25) is 5.91 Å². The Morgan fingerprint density at radius 3 is 2.57 bits per heavy atom. The van der Waals surface area contributed by atoms with Crippen molar-refractivity contribution in [3.05, 3.63) is 60.2 Å². The van der Waals surface area contributed by atoms with Gasteiger partial charge in [-0.3, -0.25) is 4.79 Å². The van der Waals surface area contributed by atoms with Gasteiger partial charge in [-0.15, -0.1) is 10.2 Å². The van der Waals surface area contributed by atoms with Crippen LogP contribution in [0.4, 0.5) is 10.1 Å². The van der Waals surface area contributed by atoms with Gasteiger partial charge >= 0.3 is 0 Å². The highest BCUT2D eigenvalue weighted by Gasteiger charge is 2.20. The van der Waals surface area contributed by atoms with E-state index in [1.165, 1.54) is 23.9 Å². The van der Waals surface area contributed by atoms with Gasteiger partial charge in [0.15, 0.2) is 28.6 Å². The topological polar surface area (TPSA) is 78.3 Å². The third-order valence-corrected chi connectivity index (χ3v) is 5.25. The first-order valence-corrected chi connectivity index (χ1v) is 10.4. The number of benzene rings is 2. The number of hydrogen-bond acceptors (Lipinski definition) is 6. The number of amides is 1. The first kappa shape index (κ1) is 21.6. The van der Waals surface area contributed by atoms with Gasteiger partial charge in [-0.1, -0.05) is 36.0 Å². The third kappa shape index (κ3) is 5.10. The fourth-order valence-electron chi connectivity index (χ4n) is 2.84. The molecule has 1 unspecified atom stereocenters. The summed E-state index contributed by atoms with van der Waals surface area (Å²) in [6, 6.07) is 13.4. The molecule has 1 atom stereocenters. The molecule has 0 saturated carbocycles. The molecule has 0 aliphatic rings. The average molecular weight is 431 g/mol. The SMILES string of the molecule is CCn1c(SCC(=O)Nc2ccccc2F)nnc1C(C)Oc1ccccc1OC. The van der Waals surface area contributed by atoms with Crippen LogP contribution in [0.3, 0.4) is 0 Å². The van der Waals surface area contributed by atoms with E-state index in [1.54, 1.807) is 19.2 Å². The van der Waals surface area contributed by atoms with Crippen LogP contribution in [0.5, 0.6) is 11.5 Å². The molecule has 0 spiro atoms. The highest BCUT2D eigenvalue weighted by atomic mass is 32.2. The number of para-hydroxylation sites is 3. The predicted octanol–water partition coefficient (Wildman–Crippen LogP) is 4.32. The van der Waals surface area contributed by atoms with Crippen molar-refractivity contribution in [2.24, 2.45) is 0 Å². The van der Waals surface area contributed by atoms with Gasteiger partial charge < -0.3 is 19.4 Å². The molecule has 3 aromatic rings. The first-order valence-electron chi connectivity index (χ1n) is 9.43. The normalized spacial score (nSPS) is 11.7. The highest BCUT2D eigenvalue weighted by molar-refractivity contribution is 7.99. The van der Waals surface area contributed by atoms with E-state index in [9.17, 15) is 9.18 Å². The molecular weight excluding hydrogens is 407 g/mol. The Morgan fingerprint density at radius 2 is 1.87 bits per heavy atom. The predicted molar refractivity (Wildman–Crippen MR) is 113 cm³/mol. The first-order chi connectivity index (χ1) is 14.5. The molecule has 1 N–H and O–H groups in total. The third-order valence-electron chi connectivity index (χ3n) is 4.28. The number of halogens is 1. The lowest BCUT2D eigenvalue weighted by Gasteiger charge is -2.17. The Balaban J connectivity index is 1.66. The van der Waals surface area contributed by atoms with Gasteiger partial charge in [0.05, 0.1) is 18.6 Å². The number of thioether (sulfide) groups is 1. The second kappa shape index (κ2) is 10.1. The lowest BCUT2D eigenvalue weighted by molar-refractivity contribution is -0.113. The molecule has 0 fully saturated rings. The van der Waals surface area contributed by atoms with Crippen LogP contribution < -0.4 is 14.8 Å². The smallest absolute Gasteiger partial charge is 0.234 e. The summed E-state index contributed by atoms with van der Waals surface area (Å²) < 4.78 is 26.9. The number of ether oxygens (including phenoxy) is 2. The summed E-state index contributed by atoms with van der Waals surface area (Å²) in [7, 11) is 1.59. The number of rotatable bonds is 9. The molecule has 0 radical (unpaired) electrons. The van der Waals surface area contributed by atoms with E-state index in [2.05, 4.69) is 15.5 Å². The lowest BCUT2D eigenvalue weighted by Crippen LogP contribution is -2.16. The van der Waals surface area contributed by atoms with Crippen molar-refractivity contribution in [2.75, 3.05) is 18.2 Å². The number of hydrogen-bond donors (Lipinski definition) is 1. The molecule has 3 rings (SSSR count). The van der Waals surface area contributed by atoms with Crippen LogP contribution in [-0.2, 0) is 11.3 Å². The quantitative estimate of drug-likeness (QED) is 0.510. The summed E-state index contributed by atoms with van der Waals surface area (Å²) in [6.45, 7) is 4.45. The Hall–Kier alpha value is -3.07. The minimum atomic E-state index is -0.475. The Bertz CT molecular complexity index is 1010. The van der Waals surface area contributed by atoms with E-state index in [1.807, 2.05) is 42.7 Å². The second-order valence-electron chi connectivity index (χ2n) is 6.31. The van der Waals surface area contributed by atoms with Crippen molar-refractivity contribution < 1.29 is 18.7 Å². The molecule has 1 heterocycles. The molecule has 0 aliphatic heterocycles. The summed E-state index contributed by atoms with van der Waals surface area (Å²) in [6.07, 6.45) is -0.379. The number of nitrogens with zero attached hydrogens (tertiary/aromatic N) is 3. The molecule has 0 saturated heterocycles. The summed E-state index contributed by atoms with van der Waals surface area (Å²) in [5, 5.41) is 11.6. The fraction of sp³-hybridized carbons (Fsp3) is 0.286. The molecule has 1 amide bonds. The largest absolute Gasteiger partial charge is 0.493 e. The zero-order chi connectivity index (χ0) is 21.5.